The van der Waals surface area contributed by atoms with E-state index >= 15 is 0 Å². The molecule has 0 saturated heterocycles. The number of carboxylic acid groups (broad SMARTS) is 1. The van der Waals surface area contributed by atoms with Gasteiger partial charge in [0.2, 0.25) is 5.88 Å². The minimum Gasteiger partial charge on any atom is -0.478 e. The van der Waals surface area contributed by atoms with Crippen molar-refractivity contribution in [1.29, 1.82) is 0 Å². The number of carboxylic acids is 1. The van der Waals surface area contributed by atoms with Crippen molar-refractivity contribution in [2.45, 2.75) is 6.92 Å². The number of aromatic nitrogens is 2. The molecule has 0 fully saturated rings. The summed E-state index contributed by atoms with van der Waals surface area (Å²) in [7, 11) is 0. The fourth-order valence-corrected chi connectivity index (χ4v) is 1.52. The molecule has 18 heavy (non-hydrogen) atoms. The van der Waals surface area contributed by atoms with E-state index in [0.717, 1.165) is 5.69 Å². The molecule has 0 aliphatic heterocycles. The maximum Gasteiger partial charge on any atom is 0.339 e. The summed E-state index contributed by atoms with van der Waals surface area (Å²) in [5.74, 6) is -0.673. The van der Waals surface area contributed by atoms with Crippen molar-refractivity contribution >= 4 is 17.6 Å². The molecular weight excluding hydrogens is 256 g/mol. The van der Waals surface area contributed by atoms with E-state index in [1.54, 1.807) is 13.0 Å². The Morgan fingerprint density at radius 2 is 2.11 bits per heavy atom. The molecule has 0 aliphatic rings. The zero-order chi connectivity index (χ0) is 13.1. The maximum absolute atomic E-state index is 11.0. The molecule has 0 radical (unpaired) electrons. The summed E-state index contributed by atoms with van der Waals surface area (Å²) in [4.78, 5) is 18.9. The Kier molecular flexibility index (Phi) is 3.43. The van der Waals surface area contributed by atoms with Gasteiger partial charge in [0.15, 0.2) is 0 Å². The quantitative estimate of drug-likeness (QED) is 0.923. The monoisotopic (exact) mass is 264 g/mol. The van der Waals surface area contributed by atoms with Crippen LogP contribution in [-0.4, -0.2) is 21.0 Å². The number of rotatable bonds is 3. The number of hydrogen-bond donors (Lipinski definition) is 1. The van der Waals surface area contributed by atoms with Gasteiger partial charge in [0.05, 0.1) is 0 Å². The summed E-state index contributed by atoms with van der Waals surface area (Å²) in [5, 5.41) is 9.42. The average Bonchev–Trinajstić information content (AvgIpc) is 2.28. The molecule has 6 heteroatoms. The second-order valence-corrected chi connectivity index (χ2v) is 3.98. The summed E-state index contributed by atoms with van der Waals surface area (Å²) in [6.07, 6.45) is 1.34. The molecule has 0 atom stereocenters. The maximum atomic E-state index is 11.0. The first-order valence-corrected chi connectivity index (χ1v) is 5.43. The van der Waals surface area contributed by atoms with E-state index in [-0.39, 0.29) is 17.2 Å². The molecule has 5 nitrogen and oxygen atoms in total. The molecule has 92 valence electrons. The van der Waals surface area contributed by atoms with Crippen molar-refractivity contribution in [2.75, 3.05) is 0 Å². The number of benzene rings is 1. The van der Waals surface area contributed by atoms with E-state index in [1.807, 2.05) is 0 Å². The third-order valence-electron chi connectivity index (χ3n) is 2.17. The van der Waals surface area contributed by atoms with E-state index in [4.69, 9.17) is 21.4 Å². The van der Waals surface area contributed by atoms with Crippen LogP contribution in [0.5, 0.6) is 11.6 Å². The van der Waals surface area contributed by atoms with Gasteiger partial charge in [0.25, 0.3) is 0 Å². The van der Waals surface area contributed by atoms with Crippen LogP contribution in [0, 0.1) is 6.92 Å². The lowest BCUT2D eigenvalue weighted by Gasteiger charge is -2.08. The van der Waals surface area contributed by atoms with Crippen molar-refractivity contribution in [3.8, 4) is 11.6 Å². The molecular formula is C12H9ClN2O3. The molecule has 0 saturated carbocycles. The van der Waals surface area contributed by atoms with Crippen LogP contribution >= 0.6 is 11.6 Å². The molecule has 0 spiro atoms. The number of aromatic carboxylic acids is 1. The predicted octanol–water partition coefficient (Wildman–Crippen LogP) is 2.93. The number of ether oxygens (including phenoxy) is 1. The third-order valence-corrected chi connectivity index (χ3v) is 2.40. The first-order valence-electron chi connectivity index (χ1n) is 5.05. The largest absolute Gasteiger partial charge is 0.478 e. The number of nitrogens with zero attached hydrogens (tertiary/aromatic N) is 2. The highest BCUT2D eigenvalue weighted by Gasteiger charge is 2.13. The van der Waals surface area contributed by atoms with Crippen molar-refractivity contribution in [3.05, 3.63) is 46.9 Å². The van der Waals surface area contributed by atoms with Gasteiger partial charge in [0.1, 0.15) is 17.6 Å². The smallest absolute Gasteiger partial charge is 0.339 e. The van der Waals surface area contributed by atoms with Gasteiger partial charge in [-0.15, -0.1) is 0 Å². The van der Waals surface area contributed by atoms with Gasteiger partial charge in [-0.25, -0.2) is 14.8 Å². The Morgan fingerprint density at radius 1 is 1.33 bits per heavy atom. The first kappa shape index (κ1) is 12.3. The summed E-state index contributed by atoms with van der Waals surface area (Å²) in [5.41, 5.74) is 0.745. The lowest BCUT2D eigenvalue weighted by atomic mass is 10.2. The van der Waals surface area contributed by atoms with Gasteiger partial charge in [-0.1, -0.05) is 11.6 Å². The highest BCUT2D eigenvalue weighted by atomic mass is 35.5. The number of carbonyl (C=O) groups is 1. The molecule has 2 aromatic rings. The molecule has 1 aromatic carbocycles. The Morgan fingerprint density at radius 3 is 2.78 bits per heavy atom. The fraction of sp³-hybridized carbons (Fsp3) is 0.0833. The SMILES string of the molecule is Cc1cc(Oc2cc(Cl)ccc2C(=O)O)ncn1. The minimum atomic E-state index is -1.09. The Bertz CT molecular complexity index is 602. The fourth-order valence-electron chi connectivity index (χ4n) is 1.36. The molecule has 0 bridgehead atoms. The van der Waals surface area contributed by atoms with Crippen molar-refractivity contribution in [2.24, 2.45) is 0 Å². The van der Waals surface area contributed by atoms with E-state index in [0.29, 0.717) is 5.02 Å². The van der Waals surface area contributed by atoms with Crippen LogP contribution in [0.4, 0.5) is 0 Å². The second kappa shape index (κ2) is 5.01. The van der Waals surface area contributed by atoms with Gasteiger partial charge in [0, 0.05) is 22.8 Å². The van der Waals surface area contributed by atoms with Crippen molar-refractivity contribution < 1.29 is 14.6 Å². The Labute approximate surface area is 108 Å². The first-order chi connectivity index (χ1) is 8.56. The van der Waals surface area contributed by atoms with Crippen LogP contribution in [0.15, 0.2) is 30.6 Å². The van der Waals surface area contributed by atoms with Gasteiger partial charge in [-0.2, -0.15) is 0 Å². The molecule has 0 amide bonds. The van der Waals surface area contributed by atoms with E-state index in [1.165, 1.54) is 24.5 Å². The molecule has 0 unspecified atom stereocenters. The van der Waals surface area contributed by atoms with Crippen LogP contribution in [0.2, 0.25) is 5.02 Å². The Hall–Kier alpha value is -2.14. The van der Waals surface area contributed by atoms with Crippen LogP contribution in [-0.2, 0) is 0 Å². The molecule has 1 aromatic heterocycles. The Balaban J connectivity index is 2.39. The summed E-state index contributed by atoms with van der Waals surface area (Å²) in [6.45, 7) is 1.78. The van der Waals surface area contributed by atoms with Gasteiger partial charge in [-0.05, 0) is 19.1 Å². The zero-order valence-electron chi connectivity index (χ0n) is 9.42. The summed E-state index contributed by atoms with van der Waals surface area (Å²) in [6, 6.07) is 5.91. The molecule has 1 heterocycles. The molecule has 1 N–H and O–H groups in total. The van der Waals surface area contributed by atoms with Crippen molar-refractivity contribution in [3.63, 3.8) is 0 Å². The van der Waals surface area contributed by atoms with Gasteiger partial charge in [-0.3, -0.25) is 0 Å². The van der Waals surface area contributed by atoms with Crippen LogP contribution < -0.4 is 4.74 Å². The number of halogens is 1. The van der Waals surface area contributed by atoms with E-state index in [2.05, 4.69) is 9.97 Å². The van der Waals surface area contributed by atoms with Crippen LogP contribution in [0.3, 0.4) is 0 Å². The van der Waals surface area contributed by atoms with Crippen LogP contribution in [0.1, 0.15) is 16.1 Å². The van der Waals surface area contributed by atoms with E-state index < -0.39 is 5.97 Å². The number of aryl methyl sites for hydroxylation is 1. The summed E-state index contributed by atoms with van der Waals surface area (Å²) >= 11 is 5.81. The van der Waals surface area contributed by atoms with E-state index in [9.17, 15) is 4.79 Å². The van der Waals surface area contributed by atoms with Gasteiger partial charge >= 0.3 is 5.97 Å². The lowest BCUT2D eigenvalue weighted by Crippen LogP contribution is -2.00. The predicted molar refractivity (Wildman–Crippen MR) is 65.3 cm³/mol. The highest BCUT2D eigenvalue weighted by molar-refractivity contribution is 6.30. The normalized spacial score (nSPS) is 10.1. The second-order valence-electron chi connectivity index (χ2n) is 3.55. The topological polar surface area (TPSA) is 72.3 Å². The molecule has 0 aliphatic carbocycles. The molecule has 2 rings (SSSR count). The lowest BCUT2D eigenvalue weighted by molar-refractivity contribution is 0.0694. The van der Waals surface area contributed by atoms with Crippen LogP contribution in [0.25, 0.3) is 0 Å². The zero-order valence-corrected chi connectivity index (χ0v) is 10.2. The average molecular weight is 265 g/mol. The minimum absolute atomic E-state index is 0.0238. The number of hydrogen-bond acceptors (Lipinski definition) is 4. The summed E-state index contributed by atoms with van der Waals surface area (Å²) < 4.78 is 5.42. The third kappa shape index (κ3) is 2.75. The standard InChI is InChI=1S/C12H9ClN2O3/c1-7-4-11(15-6-14-7)18-10-5-8(13)2-3-9(10)12(16)17/h2-6H,1H3,(H,16,17). The van der Waals surface area contributed by atoms with Crippen molar-refractivity contribution in [1.82, 2.24) is 9.97 Å². The van der Waals surface area contributed by atoms with Gasteiger partial charge < -0.3 is 9.84 Å². The highest BCUT2D eigenvalue weighted by Crippen LogP contribution is 2.27.